The van der Waals surface area contributed by atoms with Gasteiger partial charge in [-0.25, -0.2) is 9.79 Å². The van der Waals surface area contributed by atoms with Crippen LogP contribution in [0.1, 0.15) is 58.7 Å². The summed E-state index contributed by atoms with van der Waals surface area (Å²) in [6.07, 6.45) is 1.73. The van der Waals surface area contributed by atoms with E-state index in [1.54, 1.807) is 18.4 Å². The molecule has 3 aromatic carbocycles. The SMILES string of the molecule is CCOC(=O)C1=C(C)N=c2s/c(=C\c3c(OC(C)C)ccc4ccccc34)c(=O)n2[C@@H]1c1ccccc1OC(C)C. The lowest BCUT2D eigenvalue weighted by Crippen LogP contribution is -2.40. The highest BCUT2D eigenvalue weighted by Gasteiger charge is 2.35. The van der Waals surface area contributed by atoms with E-state index < -0.39 is 12.0 Å². The van der Waals surface area contributed by atoms with Crippen molar-refractivity contribution in [3.63, 3.8) is 0 Å². The second kappa shape index (κ2) is 11.7. The highest BCUT2D eigenvalue weighted by molar-refractivity contribution is 7.07. The molecule has 0 bridgehead atoms. The molecule has 4 aromatic rings. The van der Waals surface area contributed by atoms with E-state index in [4.69, 9.17) is 19.2 Å². The molecule has 0 saturated heterocycles. The van der Waals surface area contributed by atoms with Gasteiger partial charge in [0.05, 0.1) is 34.6 Å². The number of thiazole rings is 1. The molecule has 5 rings (SSSR count). The number of aromatic nitrogens is 1. The van der Waals surface area contributed by atoms with Crippen molar-refractivity contribution in [2.75, 3.05) is 6.61 Å². The molecule has 212 valence electrons. The van der Waals surface area contributed by atoms with E-state index in [0.717, 1.165) is 16.3 Å². The van der Waals surface area contributed by atoms with Gasteiger partial charge in [-0.2, -0.15) is 0 Å². The molecule has 0 aliphatic carbocycles. The summed E-state index contributed by atoms with van der Waals surface area (Å²) in [5, 5.41) is 2.02. The van der Waals surface area contributed by atoms with E-state index in [2.05, 4.69) is 0 Å². The molecule has 0 unspecified atom stereocenters. The minimum atomic E-state index is -0.763. The number of hydrogen-bond acceptors (Lipinski definition) is 7. The lowest BCUT2D eigenvalue weighted by atomic mass is 9.95. The number of hydrogen-bond donors (Lipinski definition) is 0. The highest BCUT2D eigenvalue weighted by Crippen LogP contribution is 2.36. The number of carbonyl (C=O) groups excluding carboxylic acids is 1. The third-order valence-electron chi connectivity index (χ3n) is 6.66. The number of benzene rings is 3. The van der Waals surface area contributed by atoms with Crippen LogP contribution in [0.4, 0.5) is 0 Å². The Hall–Kier alpha value is -4.17. The molecule has 1 aliphatic heterocycles. The van der Waals surface area contributed by atoms with E-state index in [0.29, 0.717) is 37.7 Å². The van der Waals surface area contributed by atoms with Crippen LogP contribution in [-0.4, -0.2) is 29.4 Å². The number of ether oxygens (including phenoxy) is 3. The Labute approximate surface area is 243 Å². The second-order valence-corrected chi connectivity index (χ2v) is 11.4. The number of rotatable bonds is 8. The predicted octanol–water partition coefficient (Wildman–Crippen LogP) is 5.53. The van der Waals surface area contributed by atoms with Crippen LogP contribution in [0.3, 0.4) is 0 Å². The molecule has 0 saturated carbocycles. The van der Waals surface area contributed by atoms with Crippen LogP contribution < -0.4 is 24.4 Å². The third-order valence-corrected chi connectivity index (χ3v) is 7.65. The number of esters is 1. The summed E-state index contributed by atoms with van der Waals surface area (Å²) in [6, 6.07) is 18.7. The fraction of sp³-hybridized carbons (Fsp3) is 0.303. The molecule has 0 N–H and O–H groups in total. The van der Waals surface area contributed by atoms with Crippen LogP contribution >= 0.6 is 11.3 Å². The molecule has 0 fully saturated rings. The Morgan fingerprint density at radius 2 is 1.66 bits per heavy atom. The Kier molecular flexibility index (Phi) is 8.13. The van der Waals surface area contributed by atoms with Gasteiger partial charge in [-0.05, 0) is 70.5 Å². The lowest BCUT2D eigenvalue weighted by molar-refractivity contribution is -0.139. The zero-order valence-electron chi connectivity index (χ0n) is 24.1. The van der Waals surface area contributed by atoms with Crippen LogP contribution in [-0.2, 0) is 9.53 Å². The van der Waals surface area contributed by atoms with Gasteiger partial charge in [-0.1, -0.05) is 59.9 Å². The van der Waals surface area contributed by atoms with Crippen LogP contribution in [0.2, 0.25) is 0 Å². The Morgan fingerprint density at radius 1 is 0.976 bits per heavy atom. The van der Waals surface area contributed by atoms with Gasteiger partial charge >= 0.3 is 5.97 Å². The minimum absolute atomic E-state index is 0.0447. The lowest BCUT2D eigenvalue weighted by Gasteiger charge is -2.26. The first kappa shape index (κ1) is 28.4. The first-order valence-corrected chi connectivity index (χ1v) is 14.6. The largest absolute Gasteiger partial charge is 0.491 e. The van der Waals surface area contributed by atoms with Crippen molar-refractivity contribution in [3.05, 3.63) is 103 Å². The summed E-state index contributed by atoms with van der Waals surface area (Å²) in [5.74, 6) is 0.787. The van der Waals surface area contributed by atoms with Gasteiger partial charge in [0, 0.05) is 11.1 Å². The van der Waals surface area contributed by atoms with Crippen molar-refractivity contribution in [1.29, 1.82) is 0 Å². The molecule has 1 atom stereocenters. The number of fused-ring (bicyclic) bond motifs is 2. The van der Waals surface area contributed by atoms with Gasteiger partial charge < -0.3 is 14.2 Å². The zero-order chi connectivity index (χ0) is 29.3. The van der Waals surface area contributed by atoms with Gasteiger partial charge in [0.25, 0.3) is 5.56 Å². The summed E-state index contributed by atoms with van der Waals surface area (Å²) >= 11 is 1.29. The molecule has 2 heterocycles. The number of para-hydroxylation sites is 1. The molecule has 8 heteroatoms. The smallest absolute Gasteiger partial charge is 0.338 e. The monoisotopic (exact) mass is 570 g/mol. The normalized spacial score (nSPS) is 15.3. The van der Waals surface area contributed by atoms with Gasteiger partial charge in [-0.3, -0.25) is 9.36 Å². The van der Waals surface area contributed by atoms with E-state index in [9.17, 15) is 9.59 Å². The van der Waals surface area contributed by atoms with Crippen LogP contribution in [0, 0.1) is 0 Å². The molecule has 0 radical (unpaired) electrons. The van der Waals surface area contributed by atoms with Crippen molar-refractivity contribution in [2.45, 2.75) is 59.8 Å². The maximum Gasteiger partial charge on any atom is 0.338 e. The molecular weight excluding hydrogens is 536 g/mol. The van der Waals surface area contributed by atoms with Gasteiger partial charge in [-0.15, -0.1) is 0 Å². The maximum atomic E-state index is 14.3. The predicted molar refractivity (Wildman–Crippen MR) is 162 cm³/mol. The molecule has 1 aromatic heterocycles. The standard InChI is InChI=1S/C33H34N2O5S/c1-7-38-32(37)29-21(6)34-33-35(30(29)24-14-10-11-15-26(24)39-19(2)3)31(36)28(41-33)18-25-23-13-9-8-12-22(23)16-17-27(25)40-20(4)5/h8-20,30H,7H2,1-6H3/b28-18-/t30-/m1/s1. The van der Waals surface area contributed by atoms with Gasteiger partial charge in [0.1, 0.15) is 17.5 Å². The molecule has 41 heavy (non-hydrogen) atoms. The van der Waals surface area contributed by atoms with Crippen molar-refractivity contribution < 1.29 is 19.0 Å². The summed E-state index contributed by atoms with van der Waals surface area (Å²) in [7, 11) is 0. The maximum absolute atomic E-state index is 14.3. The van der Waals surface area contributed by atoms with E-state index in [1.807, 2.05) is 94.4 Å². The van der Waals surface area contributed by atoms with Crippen LogP contribution in [0.25, 0.3) is 16.8 Å². The Balaban J connectivity index is 1.79. The van der Waals surface area contributed by atoms with E-state index >= 15 is 0 Å². The van der Waals surface area contributed by atoms with Gasteiger partial charge in [0.15, 0.2) is 4.80 Å². The second-order valence-electron chi connectivity index (χ2n) is 10.4. The van der Waals surface area contributed by atoms with Crippen LogP contribution in [0.15, 0.2) is 81.7 Å². The topological polar surface area (TPSA) is 79.1 Å². The van der Waals surface area contributed by atoms with Crippen LogP contribution in [0.5, 0.6) is 11.5 Å². The quantitative estimate of drug-likeness (QED) is 0.261. The van der Waals surface area contributed by atoms with Crippen molar-refractivity contribution >= 4 is 34.2 Å². The van der Waals surface area contributed by atoms with Crippen molar-refractivity contribution in [2.24, 2.45) is 4.99 Å². The van der Waals surface area contributed by atoms with E-state index in [-0.39, 0.29) is 24.4 Å². The average Bonchev–Trinajstić information content (AvgIpc) is 3.23. The summed E-state index contributed by atoms with van der Waals surface area (Å²) in [4.78, 5) is 32.8. The summed E-state index contributed by atoms with van der Waals surface area (Å²) < 4.78 is 19.8. The number of carbonyl (C=O) groups is 1. The molecule has 7 nitrogen and oxygen atoms in total. The summed E-state index contributed by atoms with van der Waals surface area (Å²) in [6.45, 7) is 11.6. The molecule has 0 amide bonds. The average molecular weight is 571 g/mol. The Morgan fingerprint density at radius 3 is 2.39 bits per heavy atom. The molecule has 1 aliphatic rings. The third kappa shape index (κ3) is 5.57. The number of allylic oxidation sites excluding steroid dienone is 1. The minimum Gasteiger partial charge on any atom is -0.491 e. The Bertz CT molecular complexity index is 1830. The first-order chi connectivity index (χ1) is 19.7. The molecule has 0 spiro atoms. The zero-order valence-corrected chi connectivity index (χ0v) is 25.0. The van der Waals surface area contributed by atoms with Gasteiger partial charge in [0.2, 0.25) is 0 Å². The highest BCUT2D eigenvalue weighted by atomic mass is 32.1. The fourth-order valence-electron chi connectivity index (χ4n) is 5.07. The number of nitrogens with zero attached hydrogens (tertiary/aromatic N) is 2. The summed E-state index contributed by atoms with van der Waals surface area (Å²) in [5.41, 5.74) is 2.09. The van der Waals surface area contributed by atoms with Crippen molar-refractivity contribution in [1.82, 2.24) is 4.57 Å². The first-order valence-electron chi connectivity index (χ1n) is 13.8. The molecular formula is C33H34N2O5S. The van der Waals surface area contributed by atoms with Crippen molar-refractivity contribution in [3.8, 4) is 11.5 Å². The van der Waals surface area contributed by atoms with E-state index in [1.165, 1.54) is 11.3 Å². The fourth-order valence-corrected chi connectivity index (χ4v) is 6.09.